The Balaban J connectivity index is 1.55. The molecule has 1 atom stereocenters. The second kappa shape index (κ2) is 14.3. The summed E-state index contributed by atoms with van der Waals surface area (Å²) in [6.45, 7) is 5.18. The molecule has 0 amide bonds. The van der Waals surface area contributed by atoms with Gasteiger partial charge in [0.2, 0.25) is 0 Å². The van der Waals surface area contributed by atoms with Crippen molar-refractivity contribution in [3.63, 3.8) is 0 Å². The number of benzene rings is 3. The van der Waals surface area contributed by atoms with E-state index in [1.165, 1.54) is 28.5 Å². The molecule has 0 radical (unpaired) electrons. The molecule has 1 aliphatic rings. The molecule has 43 heavy (non-hydrogen) atoms. The van der Waals surface area contributed by atoms with E-state index >= 15 is 0 Å². The third-order valence-corrected chi connectivity index (χ3v) is 8.82. The maximum Gasteiger partial charge on any atom is 0.305 e. The van der Waals surface area contributed by atoms with Crippen LogP contribution < -0.4 is 0 Å². The first-order chi connectivity index (χ1) is 21.0. The zero-order chi connectivity index (χ0) is 30.1. The van der Waals surface area contributed by atoms with Gasteiger partial charge < -0.3 is 9.64 Å². The fraction of sp³-hybridized carbons (Fsp3) is 0.314. The van der Waals surface area contributed by atoms with Gasteiger partial charge >= 0.3 is 5.97 Å². The first-order valence-electron chi connectivity index (χ1n) is 14.9. The summed E-state index contributed by atoms with van der Waals surface area (Å²) >= 11 is 1.28. The SMILES string of the molecule is CCOC(=O)CCCn1cc(C(SC(C)=O)C2=CN(C(c3ccccc3)(c3ccccc3)c3ccccc3)CCC2)nn1. The maximum absolute atomic E-state index is 12.5. The van der Waals surface area contributed by atoms with E-state index in [-0.39, 0.29) is 16.3 Å². The van der Waals surface area contributed by atoms with E-state index < -0.39 is 5.54 Å². The Morgan fingerprint density at radius 3 is 2.05 bits per heavy atom. The van der Waals surface area contributed by atoms with Gasteiger partial charge in [0.25, 0.3) is 0 Å². The third-order valence-electron chi connectivity index (χ3n) is 7.71. The zero-order valence-electron chi connectivity index (χ0n) is 24.8. The van der Waals surface area contributed by atoms with Gasteiger partial charge in [0.1, 0.15) is 11.2 Å². The number of aryl methyl sites for hydroxylation is 1. The number of hydrogen-bond acceptors (Lipinski definition) is 7. The van der Waals surface area contributed by atoms with E-state index in [0.29, 0.717) is 26.0 Å². The Kier molecular flexibility index (Phi) is 10.1. The van der Waals surface area contributed by atoms with Gasteiger partial charge in [-0.25, -0.2) is 0 Å². The van der Waals surface area contributed by atoms with Crippen molar-refractivity contribution in [2.45, 2.75) is 56.9 Å². The molecule has 4 aromatic rings. The van der Waals surface area contributed by atoms with Crippen LogP contribution in [0.4, 0.5) is 0 Å². The molecule has 1 unspecified atom stereocenters. The molecule has 8 heteroatoms. The lowest BCUT2D eigenvalue weighted by atomic mass is 9.75. The largest absolute Gasteiger partial charge is 0.466 e. The van der Waals surface area contributed by atoms with Gasteiger partial charge in [0.05, 0.1) is 11.9 Å². The molecule has 2 heterocycles. The van der Waals surface area contributed by atoms with Crippen molar-refractivity contribution in [1.29, 1.82) is 0 Å². The van der Waals surface area contributed by atoms with E-state index in [2.05, 4.69) is 112 Å². The highest BCUT2D eigenvalue weighted by molar-refractivity contribution is 8.13. The van der Waals surface area contributed by atoms with Crippen LogP contribution in [0.3, 0.4) is 0 Å². The highest BCUT2D eigenvalue weighted by Gasteiger charge is 2.42. The van der Waals surface area contributed by atoms with Gasteiger partial charge in [-0.15, -0.1) is 5.10 Å². The van der Waals surface area contributed by atoms with Crippen molar-refractivity contribution in [3.8, 4) is 0 Å². The molecule has 5 rings (SSSR count). The van der Waals surface area contributed by atoms with Gasteiger partial charge in [-0.3, -0.25) is 14.3 Å². The van der Waals surface area contributed by atoms with Crippen LogP contribution in [0.25, 0.3) is 0 Å². The number of esters is 1. The van der Waals surface area contributed by atoms with E-state index in [0.717, 1.165) is 30.7 Å². The highest BCUT2D eigenvalue weighted by Crippen LogP contribution is 2.46. The van der Waals surface area contributed by atoms with Crippen molar-refractivity contribution in [3.05, 3.63) is 131 Å². The highest BCUT2D eigenvalue weighted by atomic mass is 32.2. The molecule has 0 spiro atoms. The lowest BCUT2D eigenvalue weighted by Crippen LogP contribution is -2.47. The quantitative estimate of drug-likeness (QED) is 0.130. The molecule has 0 saturated carbocycles. The predicted molar refractivity (Wildman–Crippen MR) is 170 cm³/mol. The Morgan fingerprint density at radius 1 is 0.930 bits per heavy atom. The van der Waals surface area contributed by atoms with Crippen LogP contribution in [0.1, 0.15) is 67.2 Å². The first kappa shape index (κ1) is 30.3. The first-order valence-corrected chi connectivity index (χ1v) is 15.8. The second-order valence-electron chi connectivity index (χ2n) is 10.6. The summed E-state index contributed by atoms with van der Waals surface area (Å²) < 4.78 is 6.80. The van der Waals surface area contributed by atoms with Crippen molar-refractivity contribution in [2.24, 2.45) is 0 Å². The number of thioether (sulfide) groups is 1. The Hall–Kier alpha value is -4.17. The number of nitrogens with zero attached hydrogens (tertiary/aromatic N) is 4. The van der Waals surface area contributed by atoms with Crippen LogP contribution in [-0.2, 0) is 26.4 Å². The fourth-order valence-electron chi connectivity index (χ4n) is 5.93. The number of ether oxygens (including phenoxy) is 1. The summed E-state index contributed by atoms with van der Waals surface area (Å²) in [4.78, 5) is 26.8. The molecule has 1 aliphatic heterocycles. The van der Waals surface area contributed by atoms with E-state index in [4.69, 9.17) is 4.74 Å². The normalized spacial score (nSPS) is 14.2. The predicted octanol–water partition coefficient (Wildman–Crippen LogP) is 6.91. The summed E-state index contributed by atoms with van der Waals surface area (Å²) in [7, 11) is 0. The van der Waals surface area contributed by atoms with Crippen LogP contribution in [-0.4, -0.2) is 44.1 Å². The molecule has 0 saturated heterocycles. The van der Waals surface area contributed by atoms with E-state index in [1.807, 2.05) is 6.20 Å². The lowest BCUT2D eigenvalue weighted by Gasteiger charge is -2.47. The molecule has 7 nitrogen and oxygen atoms in total. The molecule has 1 aromatic heterocycles. The molecular weight excluding hydrogens is 556 g/mol. The Morgan fingerprint density at radius 2 is 1.51 bits per heavy atom. The minimum absolute atomic E-state index is 0.0281. The number of carbonyl (C=O) groups excluding carboxylic acids is 2. The molecule has 0 N–H and O–H groups in total. The van der Waals surface area contributed by atoms with Gasteiger partial charge in [0, 0.05) is 38.8 Å². The van der Waals surface area contributed by atoms with Gasteiger partial charge in [-0.05, 0) is 48.4 Å². The van der Waals surface area contributed by atoms with Crippen molar-refractivity contribution in [1.82, 2.24) is 19.9 Å². The molecular formula is C35H38N4O3S. The van der Waals surface area contributed by atoms with E-state index in [1.54, 1.807) is 18.5 Å². The number of rotatable bonds is 12. The molecule has 222 valence electrons. The summed E-state index contributed by atoms with van der Waals surface area (Å²) in [5.74, 6) is -0.209. The number of carbonyl (C=O) groups is 2. The van der Waals surface area contributed by atoms with Crippen LogP contribution in [0.5, 0.6) is 0 Å². The van der Waals surface area contributed by atoms with E-state index in [9.17, 15) is 9.59 Å². The summed E-state index contributed by atoms with van der Waals surface area (Å²) in [5.41, 5.74) is 4.83. The van der Waals surface area contributed by atoms with Crippen molar-refractivity contribution >= 4 is 22.8 Å². The van der Waals surface area contributed by atoms with Crippen LogP contribution in [0.15, 0.2) is 109 Å². The standard InChI is InChI=1S/C35H38N4O3S/c1-3-42-33(41)22-14-24-39-26-32(36-37-39)34(43-27(2)40)28-15-13-23-38(25-28)35(29-16-7-4-8-17-29,30-18-9-5-10-19-30)31-20-11-6-12-21-31/h4-12,16-21,25-26,34H,3,13-15,22-24H2,1-2H3. The molecule has 0 aliphatic carbocycles. The monoisotopic (exact) mass is 594 g/mol. The lowest BCUT2D eigenvalue weighted by molar-refractivity contribution is -0.143. The smallest absolute Gasteiger partial charge is 0.305 e. The minimum atomic E-state index is -0.578. The fourth-order valence-corrected chi connectivity index (χ4v) is 6.83. The van der Waals surface area contributed by atoms with Gasteiger partial charge in [0.15, 0.2) is 5.12 Å². The molecule has 3 aromatic carbocycles. The van der Waals surface area contributed by atoms with Crippen LogP contribution in [0, 0.1) is 0 Å². The average Bonchev–Trinajstić information content (AvgIpc) is 3.51. The third kappa shape index (κ3) is 6.91. The van der Waals surface area contributed by atoms with Gasteiger partial charge in [-0.1, -0.05) is 108 Å². The summed E-state index contributed by atoms with van der Waals surface area (Å²) in [6, 6.07) is 31.9. The summed E-state index contributed by atoms with van der Waals surface area (Å²) in [6.07, 6.45) is 6.89. The number of aromatic nitrogens is 3. The number of hydrogen-bond donors (Lipinski definition) is 0. The maximum atomic E-state index is 12.5. The zero-order valence-corrected chi connectivity index (χ0v) is 25.6. The Labute approximate surface area is 257 Å². The molecule has 0 fully saturated rings. The van der Waals surface area contributed by atoms with Gasteiger partial charge in [-0.2, -0.15) is 0 Å². The topological polar surface area (TPSA) is 77.3 Å². The second-order valence-corrected chi connectivity index (χ2v) is 11.9. The minimum Gasteiger partial charge on any atom is -0.466 e. The average molecular weight is 595 g/mol. The van der Waals surface area contributed by atoms with Crippen LogP contribution >= 0.6 is 11.8 Å². The Bertz CT molecular complexity index is 1430. The van der Waals surface area contributed by atoms with Crippen molar-refractivity contribution in [2.75, 3.05) is 13.2 Å². The summed E-state index contributed by atoms with van der Waals surface area (Å²) in [5, 5.41) is 8.61. The van der Waals surface area contributed by atoms with Crippen molar-refractivity contribution < 1.29 is 14.3 Å². The molecule has 0 bridgehead atoms. The van der Waals surface area contributed by atoms with Crippen LogP contribution in [0.2, 0.25) is 0 Å².